The molecule has 0 aliphatic rings. The maximum absolute atomic E-state index is 11.9. The SMILES string of the molecule is CCCNCCn1cc(S(=O)(=O)NC(C)C)cn1. The average Bonchev–Trinajstić information content (AvgIpc) is 2.72. The predicted molar refractivity (Wildman–Crippen MR) is 70.8 cm³/mol. The second-order valence-corrected chi connectivity index (χ2v) is 6.18. The molecule has 0 aromatic carbocycles. The van der Waals surface area contributed by atoms with Crippen LogP contribution in [0.4, 0.5) is 0 Å². The molecule has 1 aromatic heterocycles. The lowest BCUT2D eigenvalue weighted by Gasteiger charge is -2.07. The molecule has 0 amide bonds. The molecule has 0 saturated carbocycles. The minimum Gasteiger partial charge on any atom is -0.315 e. The molecule has 1 rings (SSSR count). The standard InChI is InChI=1S/C11H22N4O2S/c1-4-5-12-6-7-15-9-11(8-13-15)18(16,17)14-10(2)3/h8-10,12,14H,4-7H2,1-3H3. The Morgan fingerprint density at radius 2 is 2.11 bits per heavy atom. The maximum Gasteiger partial charge on any atom is 0.243 e. The molecule has 0 aliphatic heterocycles. The van der Waals surface area contributed by atoms with E-state index in [0.29, 0.717) is 6.54 Å². The molecule has 0 spiro atoms. The van der Waals surface area contributed by atoms with Gasteiger partial charge in [0.1, 0.15) is 4.90 Å². The molecule has 0 bridgehead atoms. The number of sulfonamides is 1. The quantitative estimate of drug-likeness (QED) is 0.680. The van der Waals surface area contributed by atoms with Crippen molar-refractivity contribution in [1.29, 1.82) is 0 Å². The van der Waals surface area contributed by atoms with Crippen molar-refractivity contribution in [3.63, 3.8) is 0 Å². The number of hydrogen-bond acceptors (Lipinski definition) is 4. The average molecular weight is 274 g/mol. The van der Waals surface area contributed by atoms with E-state index in [-0.39, 0.29) is 10.9 Å². The van der Waals surface area contributed by atoms with Crippen molar-refractivity contribution in [3.8, 4) is 0 Å². The van der Waals surface area contributed by atoms with Crippen molar-refractivity contribution < 1.29 is 8.42 Å². The van der Waals surface area contributed by atoms with Crippen LogP contribution in [0.25, 0.3) is 0 Å². The van der Waals surface area contributed by atoms with E-state index in [2.05, 4.69) is 22.1 Å². The van der Waals surface area contributed by atoms with Crippen LogP contribution in [0.3, 0.4) is 0 Å². The molecule has 2 N–H and O–H groups in total. The fourth-order valence-electron chi connectivity index (χ4n) is 1.48. The van der Waals surface area contributed by atoms with Crippen molar-refractivity contribution in [3.05, 3.63) is 12.4 Å². The summed E-state index contributed by atoms with van der Waals surface area (Å²) in [4.78, 5) is 0.215. The summed E-state index contributed by atoms with van der Waals surface area (Å²) < 4.78 is 27.9. The van der Waals surface area contributed by atoms with E-state index >= 15 is 0 Å². The first-order valence-electron chi connectivity index (χ1n) is 6.21. The van der Waals surface area contributed by atoms with Gasteiger partial charge in [-0.1, -0.05) is 6.92 Å². The Morgan fingerprint density at radius 3 is 2.72 bits per heavy atom. The summed E-state index contributed by atoms with van der Waals surface area (Å²) >= 11 is 0. The Bertz CT molecular complexity index is 453. The number of hydrogen-bond donors (Lipinski definition) is 2. The lowest BCUT2D eigenvalue weighted by molar-refractivity contribution is 0.551. The van der Waals surface area contributed by atoms with Crippen LogP contribution in [-0.2, 0) is 16.6 Å². The Morgan fingerprint density at radius 1 is 1.39 bits per heavy atom. The van der Waals surface area contributed by atoms with Gasteiger partial charge in [0.2, 0.25) is 10.0 Å². The van der Waals surface area contributed by atoms with Crippen molar-refractivity contribution in [1.82, 2.24) is 19.8 Å². The van der Waals surface area contributed by atoms with E-state index in [9.17, 15) is 8.42 Å². The van der Waals surface area contributed by atoms with Gasteiger partial charge in [0.05, 0.1) is 12.7 Å². The molecule has 0 fully saturated rings. The van der Waals surface area contributed by atoms with Gasteiger partial charge < -0.3 is 5.32 Å². The van der Waals surface area contributed by atoms with E-state index in [0.717, 1.165) is 19.5 Å². The van der Waals surface area contributed by atoms with E-state index in [4.69, 9.17) is 0 Å². The molecule has 0 aliphatic carbocycles. The van der Waals surface area contributed by atoms with Gasteiger partial charge in [-0.05, 0) is 26.8 Å². The fourth-order valence-corrected chi connectivity index (χ4v) is 2.68. The third-order valence-corrected chi connectivity index (χ3v) is 3.87. The second kappa shape index (κ2) is 6.86. The van der Waals surface area contributed by atoms with Crippen LogP contribution in [0.5, 0.6) is 0 Å². The van der Waals surface area contributed by atoms with Gasteiger partial charge in [-0.3, -0.25) is 4.68 Å². The number of nitrogens with one attached hydrogen (secondary N) is 2. The van der Waals surface area contributed by atoms with Crippen LogP contribution in [0.1, 0.15) is 27.2 Å². The molecular weight excluding hydrogens is 252 g/mol. The summed E-state index contributed by atoms with van der Waals surface area (Å²) in [7, 11) is -3.43. The minimum atomic E-state index is -3.43. The molecule has 0 atom stereocenters. The lowest BCUT2D eigenvalue weighted by Crippen LogP contribution is -2.30. The topological polar surface area (TPSA) is 76.0 Å². The van der Waals surface area contributed by atoms with Gasteiger partial charge in [0.15, 0.2) is 0 Å². The highest BCUT2D eigenvalue weighted by Crippen LogP contribution is 2.07. The van der Waals surface area contributed by atoms with Crippen molar-refractivity contribution in [2.45, 2.75) is 44.7 Å². The van der Waals surface area contributed by atoms with Gasteiger partial charge in [-0.15, -0.1) is 0 Å². The minimum absolute atomic E-state index is 0.121. The summed E-state index contributed by atoms with van der Waals surface area (Å²) in [6.07, 6.45) is 4.01. The van der Waals surface area contributed by atoms with Gasteiger partial charge in [-0.2, -0.15) is 5.10 Å². The Kier molecular flexibility index (Phi) is 5.77. The zero-order valence-electron chi connectivity index (χ0n) is 11.2. The summed E-state index contributed by atoms with van der Waals surface area (Å²) in [6, 6.07) is -0.121. The molecule has 104 valence electrons. The van der Waals surface area contributed by atoms with Gasteiger partial charge in [0, 0.05) is 18.8 Å². The Labute approximate surface area is 109 Å². The molecule has 1 aromatic rings. The summed E-state index contributed by atoms with van der Waals surface area (Å²) in [5.74, 6) is 0. The largest absolute Gasteiger partial charge is 0.315 e. The molecule has 6 nitrogen and oxygen atoms in total. The van der Waals surface area contributed by atoms with E-state index in [1.54, 1.807) is 24.7 Å². The highest BCUT2D eigenvalue weighted by molar-refractivity contribution is 7.89. The Hall–Kier alpha value is -0.920. The highest BCUT2D eigenvalue weighted by Gasteiger charge is 2.17. The predicted octanol–water partition coefficient (Wildman–Crippen LogP) is 0.569. The number of rotatable bonds is 8. The molecule has 0 saturated heterocycles. The van der Waals surface area contributed by atoms with Crippen LogP contribution >= 0.6 is 0 Å². The first-order chi connectivity index (χ1) is 8.45. The van der Waals surface area contributed by atoms with Gasteiger partial charge >= 0.3 is 0 Å². The number of aromatic nitrogens is 2. The smallest absolute Gasteiger partial charge is 0.243 e. The molecule has 0 unspecified atom stereocenters. The zero-order chi connectivity index (χ0) is 13.6. The van der Waals surface area contributed by atoms with Gasteiger partial charge in [0.25, 0.3) is 0 Å². The van der Waals surface area contributed by atoms with E-state index < -0.39 is 10.0 Å². The normalized spacial score (nSPS) is 12.2. The van der Waals surface area contributed by atoms with E-state index in [1.807, 2.05) is 0 Å². The third-order valence-electron chi connectivity index (χ3n) is 2.26. The van der Waals surface area contributed by atoms with Crippen LogP contribution in [0, 0.1) is 0 Å². The van der Waals surface area contributed by atoms with Crippen LogP contribution < -0.4 is 10.0 Å². The second-order valence-electron chi connectivity index (χ2n) is 4.47. The fraction of sp³-hybridized carbons (Fsp3) is 0.727. The monoisotopic (exact) mass is 274 g/mol. The van der Waals surface area contributed by atoms with Crippen molar-refractivity contribution in [2.24, 2.45) is 0 Å². The first-order valence-corrected chi connectivity index (χ1v) is 7.69. The highest BCUT2D eigenvalue weighted by atomic mass is 32.2. The lowest BCUT2D eigenvalue weighted by atomic mass is 10.4. The first kappa shape index (κ1) is 15.1. The van der Waals surface area contributed by atoms with E-state index in [1.165, 1.54) is 6.20 Å². The molecule has 18 heavy (non-hydrogen) atoms. The summed E-state index contributed by atoms with van der Waals surface area (Å²) in [5, 5.41) is 7.28. The molecule has 0 radical (unpaired) electrons. The summed E-state index contributed by atoms with van der Waals surface area (Å²) in [5.41, 5.74) is 0. The zero-order valence-corrected chi connectivity index (χ0v) is 12.0. The van der Waals surface area contributed by atoms with Crippen LogP contribution in [0.2, 0.25) is 0 Å². The molecular formula is C11H22N4O2S. The van der Waals surface area contributed by atoms with Crippen LogP contribution in [-0.4, -0.2) is 37.3 Å². The third kappa shape index (κ3) is 4.75. The Balaban J connectivity index is 2.57. The van der Waals surface area contributed by atoms with Crippen molar-refractivity contribution >= 4 is 10.0 Å². The van der Waals surface area contributed by atoms with Crippen molar-refractivity contribution in [2.75, 3.05) is 13.1 Å². The summed E-state index contributed by atoms with van der Waals surface area (Å²) in [6.45, 7) is 8.08. The van der Waals surface area contributed by atoms with Crippen LogP contribution in [0.15, 0.2) is 17.3 Å². The maximum atomic E-state index is 11.9. The molecule has 7 heteroatoms. The molecule has 1 heterocycles. The van der Waals surface area contributed by atoms with Gasteiger partial charge in [-0.25, -0.2) is 13.1 Å². The number of nitrogens with zero attached hydrogens (tertiary/aromatic N) is 2.